The van der Waals surface area contributed by atoms with Crippen LogP contribution in [0.15, 0.2) is 18.2 Å². The standard InChI is InChI=1S/C12H12ClF3O/c1-8-4-2-5-9(11(8)13)10(17)6-3-7-12(14,15)16/h2,4-5H,3,6-7H2,1H3. The summed E-state index contributed by atoms with van der Waals surface area (Å²) in [4.78, 5) is 11.7. The number of benzene rings is 1. The molecule has 0 aliphatic heterocycles. The summed E-state index contributed by atoms with van der Waals surface area (Å²) in [6.45, 7) is 1.74. The molecule has 17 heavy (non-hydrogen) atoms. The van der Waals surface area contributed by atoms with Crippen molar-refractivity contribution in [3.63, 3.8) is 0 Å². The minimum absolute atomic E-state index is 0.136. The highest BCUT2D eigenvalue weighted by atomic mass is 35.5. The lowest BCUT2D eigenvalue weighted by atomic mass is 10.0. The van der Waals surface area contributed by atoms with Crippen LogP contribution in [0.5, 0.6) is 0 Å². The van der Waals surface area contributed by atoms with Gasteiger partial charge in [0.1, 0.15) is 0 Å². The van der Waals surface area contributed by atoms with E-state index >= 15 is 0 Å². The van der Waals surface area contributed by atoms with E-state index in [9.17, 15) is 18.0 Å². The first-order valence-corrected chi connectivity index (χ1v) is 5.54. The van der Waals surface area contributed by atoms with Gasteiger partial charge in [0.15, 0.2) is 5.78 Å². The van der Waals surface area contributed by atoms with Crippen LogP contribution in [0.25, 0.3) is 0 Å². The molecular formula is C12H12ClF3O. The second-order valence-corrected chi connectivity index (χ2v) is 4.21. The molecule has 0 aromatic heterocycles. The lowest BCUT2D eigenvalue weighted by Gasteiger charge is -2.07. The van der Waals surface area contributed by atoms with Crippen molar-refractivity contribution in [3.05, 3.63) is 34.3 Å². The van der Waals surface area contributed by atoms with Gasteiger partial charge >= 0.3 is 6.18 Å². The van der Waals surface area contributed by atoms with E-state index in [1.54, 1.807) is 19.1 Å². The number of Topliss-reactive ketones (excluding diaryl/α,β-unsaturated/α-hetero) is 1. The number of rotatable bonds is 4. The molecule has 1 nitrogen and oxygen atoms in total. The average Bonchev–Trinajstić information content (AvgIpc) is 2.20. The number of alkyl halides is 3. The Labute approximate surface area is 103 Å². The third-order valence-corrected chi connectivity index (χ3v) is 2.86. The fraction of sp³-hybridized carbons (Fsp3) is 0.417. The average molecular weight is 265 g/mol. The minimum Gasteiger partial charge on any atom is -0.294 e. The highest BCUT2D eigenvalue weighted by molar-refractivity contribution is 6.34. The van der Waals surface area contributed by atoms with Crippen LogP contribution >= 0.6 is 11.6 Å². The number of hydrogen-bond donors (Lipinski definition) is 0. The summed E-state index contributed by atoms with van der Waals surface area (Å²) in [5.74, 6) is -0.344. The zero-order valence-corrected chi connectivity index (χ0v) is 10.0. The second-order valence-electron chi connectivity index (χ2n) is 3.83. The normalized spacial score (nSPS) is 11.6. The van der Waals surface area contributed by atoms with E-state index in [1.165, 1.54) is 6.07 Å². The predicted molar refractivity (Wildman–Crippen MR) is 60.4 cm³/mol. The summed E-state index contributed by atoms with van der Waals surface area (Å²) in [5.41, 5.74) is 1.04. The third-order valence-electron chi connectivity index (χ3n) is 2.36. The van der Waals surface area contributed by atoms with Gasteiger partial charge < -0.3 is 0 Å². The van der Waals surface area contributed by atoms with Gasteiger partial charge in [0.2, 0.25) is 0 Å². The molecule has 0 amide bonds. The van der Waals surface area contributed by atoms with Gasteiger partial charge in [0.05, 0.1) is 5.02 Å². The molecule has 0 saturated heterocycles. The first kappa shape index (κ1) is 14.0. The van der Waals surface area contributed by atoms with Crippen LogP contribution in [0.2, 0.25) is 5.02 Å². The van der Waals surface area contributed by atoms with E-state index in [0.29, 0.717) is 10.6 Å². The van der Waals surface area contributed by atoms with E-state index in [-0.39, 0.29) is 18.6 Å². The van der Waals surface area contributed by atoms with Crippen LogP contribution < -0.4 is 0 Å². The van der Waals surface area contributed by atoms with Crippen molar-refractivity contribution in [3.8, 4) is 0 Å². The monoisotopic (exact) mass is 264 g/mol. The van der Waals surface area contributed by atoms with E-state index < -0.39 is 12.6 Å². The molecule has 94 valence electrons. The highest BCUT2D eigenvalue weighted by Gasteiger charge is 2.26. The molecule has 5 heteroatoms. The molecule has 0 heterocycles. The van der Waals surface area contributed by atoms with Crippen molar-refractivity contribution in [1.29, 1.82) is 0 Å². The second kappa shape index (κ2) is 5.54. The maximum absolute atomic E-state index is 11.9. The number of hydrogen-bond acceptors (Lipinski definition) is 1. The van der Waals surface area contributed by atoms with E-state index in [1.807, 2.05) is 0 Å². The summed E-state index contributed by atoms with van der Waals surface area (Å²) in [6, 6.07) is 4.94. The first-order chi connectivity index (χ1) is 7.81. The SMILES string of the molecule is Cc1cccc(C(=O)CCCC(F)(F)F)c1Cl. The number of halogens is 4. The van der Waals surface area contributed by atoms with Crippen LogP contribution in [0.3, 0.4) is 0 Å². The molecule has 0 bridgehead atoms. The summed E-state index contributed by atoms with van der Waals surface area (Å²) in [6.07, 6.45) is -5.49. The summed E-state index contributed by atoms with van der Waals surface area (Å²) < 4.78 is 35.7. The molecule has 0 atom stereocenters. The Hall–Kier alpha value is -1.03. The zero-order valence-electron chi connectivity index (χ0n) is 9.27. The van der Waals surface area contributed by atoms with Gasteiger partial charge in [0.25, 0.3) is 0 Å². The van der Waals surface area contributed by atoms with Crippen molar-refractivity contribution >= 4 is 17.4 Å². The topological polar surface area (TPSA) is 17.1 Å². The van der Waals surface area contributed by atoms with Crippen molar-refractivity contribution in [2.24, 2.45) is 0 Å². The maximum Gasteiger partial charge on any atom is 0.389 e. The zero-order chi connectivity index (χ0) is 13.1. The Balaban J connectivity index is 2.62. The number of ketones is 1. The van der Waals surface area contributed by atoms with Gasteiger partial charge in [-0.1, -0.05) is 23.7 Å². The lowest BCUT2D eigenvalue weighted by Crippen LogP contribution is -2.09. The molecular weight excluding hydrogens is 253 g/mol. The Morgan fingerprint density at radius 2 is 2.00 bits per heavy atom. The van der Waals surface area contributed by atoms with Gasteiger partial charge in [-0.25, -0.2) is 0 Å². The van der Waals surface area contributed by atoms with Gasteiger partial charge in [0, 0.05) is 18.4 Å². The Morgan fingerprint density at radius 1 is 1.35 bits per heavy atom. The molecule has 0 spiro atoms. The molecule has 0 radical (unpaired) electrons. The van der Waals surface area contributed by atoms with Gasteiger partial charge in [-0.05, 0) is 25.0 Å². The summed E-state index contributed by atoms with van der Waals surface area (Å²) in [7, 11) is 0. The number of carbonyl (C=O) groups excluding carboxylic acids is 1. The number of carbonyl (C=O) groups is 1. The molecule has 0 unspecified atom stereocenters. The molecule has 1 rings (SSSR count). The largest absolute Gasteiger partial charge is 0.389 e. The minimum atomic E-state index is -4.21. The van der Waals surface area contributed by atoms with Crippen LogP contribution in [0.4, 0.5) is 13.2 Å². The molecule has 0 aliphatic carbocycles. The molecule has 0 aliphatic rings. The highest BCUT2D eigenvalue weighted by Crippen LogP contribution is 2.25. The molecule has 1 aromatic rings. The van der Waals surface area contributed by atoms with Gasteiger partial charge in [-0.2, -0.15) is 13.2 Å². The van der Waals surface area contributed by atoms with Crippen LogP contribution in [-0.4, -0.2) is 12.0 Å². The van der Waals surface area contributed by atoms with Crippen LogP contribution in [0.1, 0.15) is 35.2 Å². The Bertz CT molecular complexity index is 413. The summed E-state index contributed by atoms with van der Waals surface area (Å²) in [5, 5.41) is 0.324. The van der Waals surface area contributed by atoms with E-state index in [0.717, 1.165) is 5.56 Å². The van der Waals surface area contributed by atoms with Crippen molar-refractivity contribution < 1.29 is 18.0 Å². The van der Waals surface area contributed by atoms with E-state index in [4.69, 9.17) is 11.6 Å². The molecule has 0 N–H and O–H groups in total. The number of aryl methyl sites for hydroxylation is 1. The summed E-state index contributed by atoms with van der Waals surface area (Å²) >= 11 is 5.91. The van der Waals surface area contributed by atoms with E-state index in [2.05, 4.69) is 0 Å². The fourth-order valence-electron chi connectivity index (χ4n) is 1.45. The Morgan fingerprint density at radius 3 is 2.59 bits per heavy atom. The molecule has 1 aromatic carbocycles. The van der Waals surface area contributed by atoms with Crippen molar-refractivity contribution in [1.82, 2.24) is 0 Å². The third kappa shape index (κ3) is 4.38. The van der Waals surface area contributed by atoms with Crippen LogP contribution in [-0.2, 0) is 0 Å². The quantitative estimate of drug-likeness (QED) is 0.729. The predicted octanol–water partition coefficient (Wildman–Crippen LogP) is 4.56. The molecule has 0 fully saturated rings. The van der Waals surface area contributed by atoms with Gasteiger partial charge in [-0.15, -0.1) is 0 Å². The van der Waals surface area contributed by atoms with Crippen molar-refractivity contribution in [2.75, 3.05) is 0 Å². The lowest BCUT2D eigenvalue weighted by molar-refractivity contribution is -0.135. The van der Waals surface area contributed by atoms with Crippen LogP contribution in [0, 0.1) is 6.92 Å². The smallest absolute Gasteiger partial charge is 0.294 e. The maximum atomic E-state index is 11.9. The van der Waals surface area contributed by atoms with Crippen molar-refractivity contribution in [2.45, 2.75) is 32.4 Å². The van der Waals surface area contributed by atoms with Gasteiger partial charge in [-0.3, -0.25) is 4.79 Å². The fourth-order valence-corrected chi connectivity index (χ4v) is 1.68. The Kier molecular flexibility index (Phi) is 4.57. The first-order valence-electron chi connectivity index (χ1n) is 5.16. The molecule has 0 saturated carbocycles.